The van der Waals surface area contributed by atoms with E-state index in [0.29, 0.717) is 0 Å². The van der Waals surface area contributed by atoms with Gasteiger partial charge in [0, 0.05) is 18.5 Å². The molecule has 1 atom stereocenters. The maximum atomic E-state index is 13.5. The summed E-state index contributed by atoms with van der Waals surface area (Å²) in [6, 6.07) is 24.4. The molecule has 4 nitrogen and oxygen atoms in total. The van der Waals surface area contributed by atoms with Crippen LogP contribution < -0.4 is 0 Å². The molecule has 0 radical (unpaired) electrons. The molecule has 4 rings (SSSR count). The topological polar surface area (TPSA) is 46.6 Å². The fourth-order valence-corrected chi connectivity index (χ4v) is 6.05. The minimum atomic E-state index is -4.89. The molecular formula is C25H24F3NO3S. The number of alkyl halides is 3. The number of halogens is 3. The quantitative estimate of drug-likeness (QED) is 0.504. The minimum Gasteiger partial charge on any atom is -0.287 e. The van der Waals surface area contributed by atoms with E-state index in [2.05, 4.69) is 4.74 Å². The van der Waals surface area contributed by atoms with Crippen molar-refractivity contribution in [3.8, 4) is 0 Å². The second-order valence-electron chi connectivity index (χ2n) is 8.31. The van der Waals surface area contributed by atoms with Gasteiger partial charge in [-0.3, -0.25) is 4.74 Å². The van der Waals surface area contributed by atoms with Crippen LogP contribution in [0.15, 0.2) is 89.8 Å². The molecule has 0 N–H and O–H groups in total. The lowest BCUT2D eigenvalue weighted by Gasteiger charge is -2.46. The molecule has 0 amide bonds. The van der Waals surface area contributed by atoms with Crippen LogP contribution in [-0.4, -0.2) is 38.3 Å². The highest BCUT2D eigenvalue weighted by Crippen LogP contribution is 2.43. The Labute approximate surface area is 191 Å². The van der Waals surface area contributed by atoms with Gasteiger partial charge in [-0.15, -0.1) is 13.2 Å². The first-order valence-corrected chi connectivity index (χ1v) is 12.0. The second-order valence-corrected chi connectivity index (χ2v) is 10.3. The Morgan fingerprint density at radius 1 is 0.879 bits per heavy atom. The van der Waals surface area contributed by atoms with E-state index in [9.17, 15) is 21.6 Å². The third-order valence-electron chi connectivity index (χ3n) is 6.04. The molecule has 3 aromatic carbocycles. The highest BCUT2D eigenvalue weighted by molar-refractivity contribution is 7.89. The smallest absolute Gasteiger partial charge is 0.287 e. The number of hydrogen-bond acceptors (Lipinski definition) is 3. The summed E-state index contributed by atoms with van der Waals surface area (Å²) in [5.41, 5.74) is 1.33. The molecule has 0 aromatic heterocycles. The van der Waals surface area contributed by atoms with Gasteiger partial charge in [0.2, 0.25) is 10.0 Å². The van der Waals surface area contributed by atoms with Crippen molar-refractivity contribution >= 4 is 10.0 Å². The van der Waals surface area contributed by atoms with Gasteiger partial charge in [0.05, 0.1) is 11.0 Å². The van der Waals surface area contributed by atoms with Crippen LogP contribution in [-0.2, 0) is 20.2 Å². The first-order valence-electron chi connectivity index (χ1n) is 10.5. The molecule has 0 aliphatic carbocycles. The Morgan fingerprint density at radius 2 is 1.39 bits per heavy atom. The number of ether oxygens (including phenoxy) is 1. The predicted molar refractivity (Wildman–Crippen MR) is 119 cm³/mol. The van der Waals surface area contributed by atoms with Crippen LogP contribution in [0.2, 0.25) is 0 Å². The van der Waals surface area contributed by atoms with E-state index in [1.807, 2.05) is 43.3 Å². The van der Waals surface area contributed by atoms with Crippen LogP contribution >= 0.6 is 0 Å². The van der Waals surface area contributed by atoms with E-state index in [1.165, 1.54) is 12.1 Å². The summed E-state index contributed by atoms with van der Waals surface area (Å²) in [5.74, 6) is 0. The van der Waals surface area contributed by atoms with Gasteiger partial charge in [-0.1, -0.05) is 78.4 Å². The molecule has 33 heavy (non-hydrogen) atoms. The Hall–Kier alpha value is -2.68. The number of benzene rings is 3. The van der Waals surface area contributed by atoms with E-state index >= 15 is 0 Å². The lowest BCUT2D eigenvalue weighted by atomic mass is 9.69. The number of sulfonamides is 1. The van der Waals surface area contributed by atoms with Gasteiger partial charge >= 0.3 is 6.36 Å². The van der Waals surface area contributed by atoms with Gasteiger partial charge in [-0.25, -0.2) is 8.42 Å². The Morgan fingerprint density at radius 3 is 1.88 bits per heavy atom. The van der Waals surface area contributed by atoms with Crippen LogP contribution in [0, 0.1) is 6.92 Å². The Bertz CT molecular complexity index is 1140. The maximum absolute atomic E-state index is 13.5. The summed E-state index contributed by atoms with van der Waals surface area (Å²) in [6.07, 6.45) is -6.28. The molecule has 1 heterocycles. The van der Waals surface area contributed by atoms with Gasteiger partial charge < -0.3 is 0 Å². The molecule has 0 bridgehead atoms. The summed E-state index contributed by atoms with van der Waals surface area (Å²) in [7, 11) is -4.07. The van der Waals surface area contributed by atoms with Gasteiger partial charge in [0.1, 0.15) is 0 Å². The summed E-state index contributed by atoms with van der Waals surface area (Å²) in [5, 5.41) is 0. The fourth-order valence-electron chi connectivity index (χ4n) is 4.52. The second kappa shape index (κ2) is 8.93. The molecular weight excluding hydrogens is 451 g/mol. The first-order chi connectivity index (χ1) is 15.6. The van der Waals surface area contributed by atoms with Gasteiger partial charge in [-0.2, -0.15) is 4.31 Å². The predicted octanol–water partition coefficient (Wildman–Crippen LogP) is 5.28. The highest BCUT2D eigenvalue weighted by Gasteiger charge is 2.49. The molecule has 8 heteroatoms. The number of nitrogens with zero attached hydrogens (tertiary/aromatic N) is 1. The van der Waals surface area contributed by atoms with E-state index < -0.39 is 34.4 Å². The summed E-state index contributed by atoms with van der Waals surface area (Å²) >= 11 is 0. The maximum Gasteiger partial charge on any atom is 0.522 e. The third kappa shape index (κ3) is 4.98. The van der Waals surface area contributed by atoms with Crippen molar-refractivity contribution in [3.63, 3.8) is 0 Å². The van der Waals surface area contributed by atoms with Crippen LogP contribution in [0.3, 0.4) is 0 Å². The van der Waals surface area contributed by atoms with Crippen molar-refractivity contribution in [1.82, 2.24) is 4.31 Å². The zero-order chi connectivity index (χ0) is 23.7. The van der Waals surface area contributed by atoms with Crippen molar-refractivity contribution in [2.45, 2.75) is 36.1 Å². The number of aryl methyl sites for hydroxylation is 1. The summed E-state index contributed by atoms with van der Waals surface area (Å²) < 4.78 is 72.6. The summed E-state index contributed by atoms with van der Waals surface area (Å²) in [4.78, 5) is 0.0378. The van der Waals surface area contributed by atoms with Crippen LogP contribution in [0.1, 0.15) is 23.1 Å². The van der Waals surface area contributed by atoms with Crippen molar-refractivity contribution in [1.29, 1.82) is 0 Å². The van der Waals surface area contributed by atoms with Gasteiger partial charge in [-0.05, 0) is 36.6 Å². The molecule has 0 spiro atoms. The zero-order valence-electron chi connectivity index (χ0n) is 18.0. The van der Waals surface area contributed by atoms with Crippen LogP contribution in [0.5, 0.6) is 0 Å². The molecule has 174 valence electrons. The normalized spacial score (nSPS) is 19.3. The third-order valence-corrected chi connectivity index (χ3v) is 7.87. The molecule has 1 aliphatic heterocycles. The molecule has 1 saturated heterocycles. The first kappa shape index (κ1) is 23.5. The molecule has 0 unspecified atom stereocenters. The molecule has 0 saturated carbocycles. The number of piperidine rings is 1. The van der Waals surface area contributed by atoms with Crippen molar-refractivity contribution in [2.75, 3.05) is 13.1 Å². The molecule has 1 aliphatic rings. The van der Waals surface area contributed by atoms with Crippen LogP contribution in [0.25, 0.3) is 0 Å². The monoisotopic (exact) mass is 475 g/mol. The van der Waals surface area contributed by atoms with E-state index in [0.717, 1.165) is 21.0 Å². The van der Waals surface area contributed by atoms with Gasteiger partial charge in [0.15, 0.2) is 0 Å². The average Bonchev–Trinajstić information content (AvgIpc) is 2.79. The standard InChI is InChI=1S/C25H24F3NO3S/c1-19-12-14-23(15-13-19)33(30,31)29-17-22(32-25(26,27)28)16-24(18-29,20-8-4-2-5-9-20)21-10-6-3-7-11-21/h2-15,22H,16-18H2,1H3/t22-/m0/s1. The van der Waals surface area contributed by atoms with Crippen LogP contribution in [0.4, 0.5) is 13.2 Å². The van der Waals surface area contributed by atoms with E-state index in [4.69, 9.17) is 0 Å². The zero-order valence-corrected chi connectivity index (χ0v) is 18.8. The Kier molecular flexibility index (Phi) is 6.35. The van der Waals surface area contributed by atoms with E-state index in [-0.39, 0.29) is 17.9 Å². The Balaban J connectivity index is 1.86. The fraction of sp³-hybridized carbons (Fsp3) is 0.280. The highest BCUT2D eigenvalue weighted by atomic mass is 32.2. The largest absolute Gasteiger partial charge is 0.522 e. The lowest BCUT2D eigenvalue weighted by Crippen LogP contribution is -2.55. The lowest BCUT2D eigenvalue weighted by molar-refractivity contribution is -0.346. The van der Waals surface area contributed by atoms with E-state index in [1.54, 1.807) is 36.4 Å². The van der Waals surface area contributed by atoms with Crippen molar-refractivity contribution < 1.29 is 26.3 Å². The van der Waals surface area contributed by atoms with Gasteiger partial charge in [0.25, 0.3) is 0 Å². The summed E-state index contributed by atoms with van der Waals surface area (Å²) in [6.45, 7) is 1.44. The minimum absolute atomic E-state index is 0.00501. The SMILES string of the molecule is Cc1ccc(S(=O)(=O)N2C[C@@H](OC(F)(F)F)CC(c3ccccc3)(c3ccccc3)C2)cc1. The average molecular weight is 476 g/mol. The van der Waals surface area contributed by atoms with Crippen molar-refractivity contribution in [3.05, 3.63) is 102 Å². The molecule has 3 aromatic rings. The number of rotatable bonds is 5. The number of hydrogen-bond donors (Lipinski definition) is 0. The molecule has 1 fully saturated rings. The van der Waals surface area contributed by atoms with Crippen molar-refractivity contribution in [2.24, 2.45) is 0 Å².